The van der Waals surface area contributed by atoms with Crippen LogP contribution in [0.15, 0.2) is 85.5 Å². The molecular weight excluding hydrogens is 428 g/mol. The molecule has 0 amide bonds. The van der Waals surface area contributed by atoms with Gasteiger partial charge in [0.05, 0.1) is 58.8 Å². The van der Waals surface area contributed by atoms with Crippen molar-refractivity contribution in [3.8, 4) is 45.6 Å². The molecule has 0 radical (unpaired) electrons. The summed E-state index contributed by atoms with van der Waals surface area (Å²) >= 11 is 0. The molecule has 8 heteroatoms. The summed E-state index contributed by atoms with van der Waals surface area (Å²) in [5.41, 5.74) is 7.03. The molecule has 5 rings (SSSR count). The lowest BCUT2D eigenvalue weighted by Crippen LogP contribution is -1.96. The molecule has 0 aromatic carbocycles. The molecule has 0 aliphatic carbocycles. The van der Waals surface area contributed by atoms with Crippen molar-refractivity contribution in [1.29, 1.82) is 0 Å². The number of hydrogen-bond acceptors (Lipinski definition) is 8. The zero-order chi connectivity index (χ0) is 23.3. The van der Waals surface area contributed by atoms with Crippen LogP contribution in [0, 0.1) is 0 Å². The Labute approximate surface area is 195 Å². The van der Waals surface area contributed by atoms with Crippen molar-refractivity contribution in [1.82, 2.24) is 29.9 Å². The van der Waals surface area contributed by atoms with E-state index in [1.165, 1.54) is 6.33 Å². The molecular formula is C26H20N6O2. The van der Waals surface area contributed by atoms with E-state index >= 15 is 0 Å². The summed E-state index contributed by atoms with van der Waals surface area (Å²) in [6.45, 7) is -0.104. The first-order valence-electron chi connectivity index (χ1n) is 10.6. The summed E-state index contributed by atoms with van der Waals surface area (Å²) in [5, 5.41) is 18.5. The molecule has 5 aromatic heterocycles. The first-order valence-corrected chi connectivity index (χ1v) is 10.6. The van der Waals surface area contributed by atoms with Crippen molar-refractivity contribution >= 4 is 0 Å². The normalized spacial score (nSPS) is 10.9. The van der Waals surface area contributed by atoms with Crippen LogP contribution >= 0.6 is 0 Å². The fraction of sp³-hybridized carbons (Fsp3) is 0.0769. The number of aromatic nitrogens is 6. The van der Waals surface area contributed by atoms with Crippen molar-refractivity contribution in [3.05, 3.63) is 96.6 Å². The van der Waals surface area contributed by atoms with Crippen LogP contribution in [0.1, 0.15) is 11.1 Å². The summed E-state index contributed by atoms with van der Waals surface area (Å²) < 4.78 is 0. The zero-order valence-corrected chi connectivity index (χ0v) is 18.1. The van der Waals surface area contributed by atoms with Crippen molar-refractivity contribution in [3.63, 3.8) is 0 Å². The van der Waals surface area contributed by atoms with E-state index in [-0.39, 0.29) is 13.2 Å². The van der Waals surface area contributed by atoms with Crippen LogP contribution in [0.3, 0.4) is 0 Å². The number of rotatable bonds is 6. The van der Waals surface area contributed by atoms with Gasteiger partial charge in [-0.15, -0.1) is 0 Å². The van der Waals surface area contributed by atoms with Crippen LogP contribution < -0.4 is 0 Å². The minimum Gasteiger partial charge on any atom is -0.392 e. The van der Waals surface area contributed by atoms with Crippen molar-refractivity contribution in [2.75, 3.05) is 0 Å². The average Bonchev–Trinajstić information content (AvgIpc) is 2.93. The first kappa shape index (κ1) is 21.4. The molecule has 0 aliphatic heterocycles. The van der Waals surface area contributed by atoms with Crippen molar-refractivity contribution < 1.29 is 10.2 Å². The molecule has 34 heavy (non-hydrogen) atoms. The highest BCUT2D eigenvalue weighted by atomic mass is 16.3. The van der Waals surface area contributed by atoms with Crippen LogP contribution in [-0.4, -0.2) is 40.1 Å². The van der Waals surface area contributed by atoms with Crippen LogP contribution in [0.4, 0.5) is 0 Å². The molecule has 0 unspecified atom stereocenters. The molecule has 2 N–H and O–H groups in total. The van der Waals surface area contributed by atoms with E-state index in [9.17, 15) is 10.2 Å². The topological polar surface area (TPSA) is 118 Å². The third-order valence-corrected chi connectivity index (χ3v) is 5.23. The third-order valence-electron chi connectivity index (χ3n) is 5.23. The Hall–Kier alpha value is -4.40. The lowest BCUT2D eigenvalue weighted by Gasteiger charge is -2.07. The van der Waals surface area contributed by atoms with E-state index in [2.05, 4.69) is 19.9 Å². The Balaban J connectivity index is 1.46. The Morgan fingerprint density at radius 1 is 0.471 bits per heavy atom. The minimum absolute atomic E-state index is 0.0519. The smallest absolute Gasteiger partial charge is 0.116 e. The maximum atomic E-state index is 9.23. The summed E-state index contributed by atoms with van der Waals surface area (Å²) in [6.07, 6.45) is 4.77. The summed E-state index contributed by atoms with van der Waals surface area (Å²) in [5.74, 6) is 0. The number of aliphatic hydroxyl groups is 2. The Morgan fingerprint density at radius 2 is 0.912 bits per heavy atom. The molecule has 0 spiro atoms. The molecule has 5 aromatic rings. The van der Waals surface area contributed by atoms with E-state index in [0.29, 0.717) is 45.6 Å². The number of nitrogens with zero attached hydrogens (tertiary/aromatic N) is 6. The fourth-order valence-corrected chi connectivity index (χ4v) is 3.42. The van der Waals surface area contributed by atoms with Crippen LogP contribution in [0.5, 0.6) is 0 Å². The molecule has 8 nitrogen and oxygen atoms in total. The first-order chi connectivity index (χ1) is 16.7. The van der Waals surface area contributed by atoms with Crippen molar-refractivity contribution in [2.45, 2.75) is 13.2 Å². The lowest BCUT2D eigenvalue weighted by atomic mass is 10.1. The Morgan fingerprint density at radius 3 is 1.29 bits per heavy atom. The highest BCUT2D eigenvalue weighted by Gasteiger charge is 2.10. The molecule has 0 atom stereocenters. The van der Waals surface area contributed by atoms with Gasteiger partial charge in [0.25, 0.3) is 0 Å². The van der Waals surface area contributed by atoms with Gasteiger partial charge in [-0.05, 0) is 53.6 Å². The maximum absolute atomic E-state index is 9.23. The average molecular weight is 448 g/mol. The SMILES string of the molecule is OCc1ccc(-c2cccc(-c3cc(-c4cccc(-c5ccc(CO)cn5)n4)ncn3)n2)nc1. The van der Waals surface area contributed by atoms with Gasteiger partial charge in [-0.25, -0.2) is 19.9 Å². The van der Waals surface area contributed by atoms with Crippen LogP contribution in [-0.2, 0) is 13.2 Å². The second-order valence-corrected chi connectivity index (χ2v) is 7.52. The number of pyridine rings is 4. The highest BCUT2D eigenvalue weighted by Crippen LogP contribution is 2.25. The molecule has 0 saturated heterocycles. The highest BCUT2D eigenvalue weighted by molar-refractivity contribution is 5.67. The third kappa shape index (κ3) is 4.54. The predicted octanol–water partition coefficient (Wildman–Crippen LogP) is 3.71. The van der Waals surface area contributed by atoms with E-state index in [1.54, 1.807) is 12.4 Å². The molecule has 0 fully saturated rings. The number of hydrogen-bond donors (Lipinski definition) is 2. The fourth-order valence-electron chi connectivity index (χ4n) is 3.42. The molecule has 166 valence electrons. The second-order valence-electron chi connectivity index (χ2n) is 7.52. The van der Waals surface area contributed by atoms with Gasteiger partial charge in [0.2, 0.25) is 0 Å². The molecule has 0 aliphatic rings. The van der Waals surface area contributed by atoms with Gasteiger partial charge >= 0.3 is 0 Å². The van der Waals surface area contributed by atoms with E-state index < -0.39 is 0 Å². The zero-order valence-electron chi connectivity index (χ0n) is 18.1. The van der Waals surface area contributed by atoms with Crippen LogP contribution in [0.2, 0.25) is 0 Å². The summed E-state index contributed by atoms with van der Waals surface area (Å²) in [4.78, 5) is 27.0. The molecule has 5 heterocycles. The van der Waals surface area contributed by atoms with E-state index in [1.807, 2.05) is 66.7 Å². The summed E-state index contributed by atoms with van der Waals surface area (Å²) in [6, 6.07) is 20.5. The quantitative estimate of drug-likeness (QED) is 0.404. The van der Waals surface area contributed by atoms with Gasteiger partial charge in [0.1, 0.15) is 6.33 Å². The van der Waals surface area contributed by atoms with Gasteiger partial charge < -0.3 is 10.2 Å². The van der Waals surface area contributed by atoms with Gasteiger partial charge in [0.15, 0.2) is 0 Å². The van der Waals surface area contributed by atoms with Gasteiger partial charge in [-0.2, -0.15) is 0 Å². The predicted molar refractivity (Wildman–Crippen MR) is 127 cm³/mol. The molecule has 0 bridgehead atoms. The van der Waals surface area contributed by atoms with E-state index in [0.717, 1.165) is 11.1 Å². The largest absolute Gasteiger partial charge is 0.392 e. The van der Waals surface area contributed by atoms with Crippen molar-refractivity contribution in [2.24, 2.45) is 0 Å². The number of aliphatic hydroxyl groups excluding tert-OH is 2. The second kappa shape index (κ2) is 9.62. The van der Waals surface area contributed by atoms with E-state index in [4.69, 9.17) is 9.97 Å². The maximum Gasteiger partial charge on any atom is 0.116 e. The summed E-state index contributed by atoms with van der Waals surface area (Å²) in [7, 11) is 0. The Kier molecular flexibility index (Phi) is 6.07. The lowest BCUT2D eigenvalue weighted by molar-refractivity contribution is 0.281. The molecule has 0 saturated carbocycles. The standard InChI is InChI=1S/C26H20N6O2/c33-14-17-7-9-19(27-12-17)21-3-1-5-23(31-21)25-11-26(30-16-29-25)24-6-2-4-22(32-24)20-10-8-18(15-34)13-28-20/h1-13,16,33-34H,14-15H2. The monoisotopic (exact) mass is 448 g/mol. The minimum atomic E-state index is -0.0519. The van der Waals surface area contributed by atoms with Gasteiger partial charge in [-0.1, -0.05) is 24.3 Å². The van der Waals surface area contributed by atoms with Crippen LogP contribution in [0.25, 0.3) is 45.6 Å². The van der Waals surface area contributed by atoms with Gasteiger partial charge in [0, 0.05) is 12.4 Å². The van der Waals surface area contributed by atoms with Gasteiger partial charge in [-0.3, -0.25) is 9.97 Å². The Bertz CT molecular complexity index is 1320.